The molecule has 0 bridgehead atoms. The van der Waals surface area contributed by atoms with Gasteiger partial charge in [0.05, 0.1) is 25.1 Å². The molecule has 0 radical (unpaired) electrons. The lowest BCUT2D eigenvalue weighted by Crippen LogP contribution is -2.23. The van der Waals surface area contributed by atoms with Crippen molar-refractivity contribution in [1.82, 2.24) is 14.8 Å². The van der Waals surface area contributed by atoms with Crippen LogP contribution >= 0.6 is 0 Å². The summed E-state index contributed by atoms with van der Waals surface area (Å²) in [5.41, 5.74) is -0.340. The predicted molar refractivity (Wildman–Crippen MR) is 90.3 cm³/mol. The van der Waals surface area contributed by atoms with Crippen LogP contribution in [0.5, 0.6) is 0 Å². The van der Waals surface area contributed by atoms with Crippen molar-refractivity contribution < 1.29 is 27.0 Å². The molecular formula is C15H20F2N4O4S. The predicted octanol–water partition coefficient (Wildman–Crippen LogP) is 1.55. The molecule has 2 N–H and O–H groups in total. The van der Waals surface area contributed by atoms with Crippen LogP contribution < -0.4 is 5.32 Å². The second-order valence-corrected chi connectivity index (χ2v) is 7.67. The SMILES string of the molecule is COCC(C)Nc1c(CO)c(C(F)F)nn1-c1ccc(S(C)(=O)=O)nc1. The lowest BCUT2D eigenvalue weighted by molar-refractivity contribution is 0.141. The molecule has 1 unspecified atom stereocenters. The van der Waals surface area contributed by atoms with E-state index in [1.165, 1.54) is 25.4 Å². The summed E-state index contributed by atoms with van der Waals surface area (Å²) < 4.78 is 55.8. The number of sulfone groups is 1. The molecule has 0 aliphatic heterocycles. The van der Waals surface area contributed by atoms with Crippen molar-refractivity contribution >= 4 is 15.7 Å². The lowest BCUT2D eigenvalue weighted by Gasteiger charge is -2.17. The minimum absolute atomic E-state index is 0.0462. The van der Waals surface area contributed by atoms with Gasteiger partial charge in [0, 0.05) is 25.0 Å². The molecule has 0 fully saturated rings. The number of halogens is 2. The van der Waals surface area contributed by atoms with Gasteiger partial charge in [-0.25, -0.2) is 26.9 Å². The average Bonchev–Trinajstić information content (AvgIpc) is 2.93. The highest BCUT2D eigenvalue weighted by Crippen LogP contribution is 2.31. The van der Waals surface area contributed by atoms with Crippen LogP contribution in [-0.4, -0.2) is 54.3 Å². The summed E-state index contributed by atoms with van der Waals surface area (Å²) in [6.07, 6.45) is -0.660. The molecule has 144 valence electrons. The number of nitrogens with zero attached hydrogens (tertiary/aromatic N) is 3. The largest absolute Gasteiger partial charge is 0.391 e. The quantitative estimate of drug-likeness (QED) is 0.704. The molecule has 11 heteroatoms. The highest BCUT2D eigenvalue weighted by atomic mass is 32.2. The topological polar surface area (TPSA) is 106 Å². The monoisotopic (exact) mass is 390 g/mol. The minimum atomic E-state index is -3.49. The van der Waals surface area contributed by atoms with Crippen molar-refractivity contribution in [3.63, 3.8) is 0 Å². The Balaban J connectivity index is 2.55. The molecule has 8 nitrogen and oxygen atoms in total. The minimum Gasteiger partial charge on any atom is -0.391 e. The Bertz CT molecular complexity index is 853. The van der Waals surface area contributed by atoms with Crippen LogP contribution in [0.15, 0.2) is 23.4 Å². The fourth-order valence-electron chi connectivity index (χ4n) is 2.38. The van der Waals surface area contributed by atoms with E-state index >= 15 is 0 Å². The zero-order valence-electron chi connectivity index (χ0n) is 14.5. The van der Waals surface area contributed by atoms with Gasteiger partial charge < -0.3 is 15.2 Å². The zero-order chi connectivity index (χ0) is 19.5. The van der Waals surface area contributed by atoms with Crippen LogP contribution in [0.4, 0.5) is 14.6 Å². The number of hydrogen-bond acceptors (Lipinski definition) is 7. The van der Waals surface area contributed by atoms with E-state index in [0.717, 1.165) is 10.9 Å². The maximum absolute atomic E-state index is 13.3. The third-order valence-corrected chi connectivity index (χ3v) is 4.53. The number of methoxy groups -OCH3 is 1. The van der Waals surface area contributed by atoms with E-state index in [9.17, 15) is 22.3 Å². The molecule has 0 aliphatic rings. The van der Waals surface area contributed by atoms with Gasteiger partial charge in [-0.15, -0.1) is 0 Å². The van der Waals surface area contributed by atoms with Crippen LogP contribution in [0, 0.1) is 0 Å². The van der Waals surface area contributed by atoms with E-state index in [1.54, 1.807) is 6.92 Å². The zero-order valence-corrected chi connectivity index (χ0v) is 15.3. The Labute approximate surface area is 149 Å². The summed E-state index contributed by atoms with van der Waals surface area (Å²) in [4.78, 5) is 3.84. The number of pyridine rings is 1. The molecule has 2 heterocycles. The summed E-state index contributed by atoms with van der Waals surface area (Å²) >= 11 is 0. The maximum Gasteiger partial charge on any atom is 0.282 e. The third kappa shape index (κ3) is 4.34. The van der Waals surface area contributed by atoms with Crippen molar-refractivity contribution in [3.8, 4) is 5.69 Å². The molecule has 2 rings (SSSR count). The molecule has 0 aromatic carbocycles. The van der Waals surface area contributed by atoms with Crippen molar-refractivity contribution in [1.29, 1.82) is 0 Å². The fraction of sp³-hybridized carbons (Fsp3) is 0.467. The van der Waals surface area contributed by atoms with Crippen molar-refractivity contribution in [2.24, 2.45) is 0 Å². The van der Waals surface area contributed by atoms with Crippen molar-refractivity contribution in [2.75, 3.05) is 25.3 Å². The van der Waals surface area contributed by atoms with Gasteiger partial charge in [-0.05, 0) is 19.1 Å². The second kappa shape index (κ2) is 8.06. The molecule has 2 aromatic heterocycles. The third-order valence-electron chi connectivity index (χ3n) is 3.52. The molecular weight excluding hydrogens is 370 g/mol. The van der Waals surface area contributed by atoms with E-state index in [4.69, 9.17) is 4.74 Å². The van der Waals surface area contributed by atoms with Crippen LogP contribution in [0.2, 0.25) is 0 Å². The Morgan fingerprint density at radius 2 is 2.08 bits per heavy atom. The van der Waals surface area contributed by atoms with Gasteiger partial charge in [0.1, 0.15) is 11.5 Å². The summed E-state index contributed by atoms with van der Waals surface area (Å²) in [6.45, 7) is 1.43. The first-order valence-electron chi connectivity index (χ1n) is 7.61. The summed E-state index contributed by atoms with van der Waals surface area (Å²) in [7, 11) is -1.99. The van der Waals surface area contributed by atoms with Gasteiger partial charge in [0.25, 0.3) is 6.43 Å². The van der Waals surface area contributed by atoms with Gasteiger partial charge in [0.2, 0.25) is 0 Å². The fourth-order valence-corrected chi connectivity index (χ4v) is 2.94. The number of ether oxygens (including phenoxy) is 1. The van der Waals surface area contributed by atoms with Gasteiger partial charge in [0.15, 0.2) is 14.9 Å². The number of rotatable bonds is 8. The number of alkyl halides is 2. The van der Waals surface area contributed by atoms with Crippen LogP contribution in [0.3, 0.4) is 0 Å². The Morgan fingerprint density at radius 1 is 1.38 bits per heavy atom. The Morgan fingerprint density at radius 3 is 2.54 bits per heavy atom. The smallest absolute Gasteiger partial charge is 0.282 e. The van der Waals surface area contributed by atoms with Gasteiger partial charge in [-0.3, -0.25) is 0 Å². The van der Waals surface area contributed by atoms with E-state index < -0.39 is 28.6 Å². The summed E-state index contributed by atoms with van der Waals surface area (Å²) in [5, 5.41) is 16.3. The highest BCUT2D eigenvalue weighted by molar-refractivity contribution is 7.90. The number of anilines is 1. The number of nitrogens with one attached hydrogen (secondary N) is 1. The van der Waals surface area contributed by atoms with Gasteiger partial charge in [-0.2, -0.15) is 5.10 Å². The van der Waals surface area contributed by atoms with Crippen LogP contribution in [0.25, 0.3) is 5.69 Å². The molecule has 2 aromatic rings. The Hall–Kier alpha value is -2.11. The van der Waals surface area contributed by atoms with E-state index in [2.05, 4.69) is 15.4 Å². The molecule has 0 amide bonds. The highest BCUT2D eigenvalue weighted by Gasteiger charge is 2.25. The molecule has 0 saturated heterocycles. The summed E-state index contributed by atoms with van der Waals surface area (Å²) in [5.74, 6) is 0.168. The first-order chi connectivity index (χ1) is 12.2. The van der Waals surface area contributed by atoms with E-state index in [-0.39, 0.29) is 28.1 Å². The molecule has 26 heavy (non-hydrogen) atoms. The molecule has 0 aliphatic carbocycles. The Kier molecular flexibility index (Phi) is 6.26. The van der Waals surface area contributed by atoms with Crippen LogP contribution in [-0.2, 0) is 21.2 Å². The molecule has 0 spiro atoms. The number of aliphatic hydroxyl groups excluding tert-OH is 1. The van der Waals surface area contributed by atoms with Crippen molar-refractivity contribution in [2.45, 2.75) is 31.0 Å². The van der Waals surface area contributed by atoms with E-state index in [0.29, 0.717) is 6.61 Å². The number of hydrogen-bond donors (Lipinski definition) is 2. The van der Waals surface area contributed by atoms with E-state index in [1.807, 2.05) is 0 Å². The number of aromatic nitrogens is 3. The molecule has 0 saturated carbocycles. The first-order valence-corrected chi connectivity index (χ1v) is 9.51. The van der Waals surface area contributed by atoms with Crippen LogP contribution in [0.1, 0.15) is 24.6 Å². The normalized spacial score (nSPS) is 13.2. The standard InChI is InChI=1S/C15H20F2N4O4S/c1-9(8-25-2)19-15-11(7-22)13(14(16)17)20-21(15)10-4-5-12(18-6-10)26(3,23)24/h4-6,9,14,19,22H,7-8H2,1-3H3. The van der Waals surface area contributed by atoms with Gasteiger partial charge >= 0.3 is 0 Å². The average molecular weight is 390 g/mol. The summed E-state index contributed by atoms with van der Waals surface area (Å²) in [6, 6.07) is 2.41. The first kappa shape index (κ1) is 20.2. The second-order valence-electron chi connectivity index (χ2n) is 5.71. The lowest BCUT2D eigenvalue weighted by atomic mass is 10.2. The number of aliphatic hydroxyl groups is 1. The molecule has 1 atom stereocenters. The van der Waals surface area contributed by atoms with Gasteiger partial charge in [-0.1, -0.05) is 0 Å². The maximum atomic E-state index is 13.3. The van der Waals surface area contributed by atoms with Crippen molar-refractivity contribution in [3.05, 3.63) is 29.6 Å².